The summed E-state index contributed by atoms with van der Waals surface area (Å²) in [5.41, 5.74) is 7.17. The lowest BCUT2D eigenvalue weighted by Crippen LogP contribution is -2.10. The van der Waals surface area contributed by atoms with Crippen molar-refractivity contribution in [3.8, 4) is 12.3 Å². The van der Waals surface area contributed by atoms with E-state index in [0.717, 1.165) is 11.3 Å². The SMILES string of the molecule is C#CCC(=O)Nc1cccc(CN)c1. The Labute approximate surface area is 83.3 Å². The van der Waals surface area contributed by atoms with Crippen LogP contribution in [0.25, 0.3) is 0 Å². The van der Waals surface area contributed by atoms with E-state index in [4.69, 9.17) is 12.2 Å². The van der Waals surface area contributed by atoms with Crippen molar-refractivity contribution in [2.45, 2.75) is 13.0 Å². The van der Waals surface area contributed by atoms with E-state index in [9.17, 15) is 4.79 Å². The monoisotopic (exact) mass is 188 g/mol. The summed E-state index contributed by atoms with van der Waals surface area (Å²) in [7, 11) is 0. The van der Waals surface area contributed by atoms with Gasteiger partial charge in [0.25, 0.3) is 0 Å². The molecule has 0 unspecified atom stereocenters. The number of benzene rings is 1. The van der Waals surface area contributed by atoms with Crippen LogP contribution in [0.4, 0.5) is 5.69 Å². The lowest BCUT2D eigenvalue weighted by molar-refractivity contribution is -0.115. The highest BCUT2D eigenvalue weighted by atomic mass is 16.1. The predicted molar refractivity (Wildman–Crippen MR) is 56.4 cm³/mol. The summed E-state index contributed by atoms with van der Waals surface area (Å²) in [6.45, 7) is 0.457. The van der Waals surface area contributed by atoms with Gasteiger partial charge in [0.05, 0.1) is 6.42 Å². The third-order valence-electron chi connectivity index (χ3n) is 1.71. The largest absolute Gasteiger partial charge is 0.326 e. The Kier molecular flexibility index (Phi) is 3.71. The van der Waals surface area contributed by atoms with E-state index < -0.39 is 0 Å². The molecule has 1 rings (SSSR count). The van der Waals surface area contributed by atoms with Gasteiger partial charge in [0.1, 0.15) is 0 Å². The van der Waals surface area contributed by atoms with Gasteiger partial charge in [-0.05, 0) is 17.7 Å². The van der Waals surface area contributed by atoms with Crippen LogP contribution in [0.15, 0.2) is 24.3 Å². The van der Waals surface area contributed by atoms with E-state index >= 15 is 0 Å². The topological polar surface area (TPSA) is 55.1 Å². The second-order valence-electron chi connectivity index (χ2n) is 2.83. The molecule has 14 heavy (non-hydrogen) atoms. The van der Waals surface area contributed by atoms with Crippen LogP contribution in [0.5, 0.6) is 0 Å². The van der Waals surface area contributed by atoms with Crippen molar-refractivity contribution < 1.29 is 4.79 Å². The zero-order valence-electron chi connectivity index (χ0n) is 7.79. The summed E-state index contributed by atoms with van der Waals surface area (Å²) in [4.78, 5) is 11.1. The molecule has 1 aromatic carbocycles. The van der Waals surface area contributed by atoms with Crippen molar-refractivity contribution in [3.63, 3.8) is 0 Å². The molecule has 3 heteroatoms. The highest BCUT2D eigenvalue weighted by molar-refractivity contribution is 5.92. The summed E-state index contributed by atoms with van der Waals surface area (Å²) in [5, 5.41) is 2.68. The Hall–Kier alpha value is -1.79. The molecule has 0 bridgehead atoms. The van der Waals surface area contributed by atoms with Gasteiger partial charge in [-0.15, -0.1) is 6.42 Å². The standard InChI is InChI=1S/C11H12N2O/c1-2-4-11(14)13-10-6-3-5-9(7-10)8-12/h1,3,5-7H,4,8,12H2,(H,13,14). The molecule has 0 aliphatic heterocycles. The van der Waals surface area contributed by atoms with E-state index in [-0.39, 0.29) is 12.3 Å². The molecule has 0 fully saturated rings. The lowest BCUT2D eigenvalue weighted by Gasteiger charge is -2.04. The van der Waals surface area contributed by atoms with Crippen molar-refractivity contribution in [1.29, 1.82) is 0 Å². The van der Waals surface area contributed by atoms with E-state index in [1.165, 1.54) is 0 Å². The Bertz CT molecular complexity index is 366. The molecule has 0 heterocycles. The van der Waals surface area contributed by atoms with Gasteiger partial charge in [-0.1, -0.05) is 18.1 Å². The average Bonchev–Trinajstić information content (AvgIpc) is 2.18. The molecule has 72 valence electrons. The van der Waals surface area contributed by atoms with Crippen LogP contribution in [-0.2, 0) is 11.3 Å². The van der Waals surface area contributed by atoms with Gasteiger partial charge in [-0.25, -0.2) is 0 Å². The maximum absolute atomic E-state index is 11.1. The smallest absolute Gasteiger partial charge is 0.236 e. The molecule has 0 spiro atoms. The average molecular weight is 188 g/mol. The number of nitrogens with two attached hydrogens (primary N) is 1. The molecule has 1 amide bonds. The third kappa shape index (κ3) is 2.92. The van der Waals surface area contributed by atoms with Crippen molar-refractivity contribution in [2.24, 2.45) is 5.73 Å². The molecular formula is C11H12N2O. The number of carbonyl (C=O) groups is 1. The first-order valence-electron chi connectivity index (χ1n) is 4.28. The van der Waals surface area contributed by atoms with Gasteiger partial charge in [0.2, 0.25) is 5.91 Å². The second-order valence-corrected chi connectivity index (χ2v) is 2.83. The fourth-order valence-corrected chi connectivity index (χ4v) is 1.07. The van der Waals surface area contributed by atoms with Gasteiger partial charge in [0.15, 0.2) is 0 Å². The fraction of sp³-hybridized carbons (Fsp3) is 0.182. The quantitative estimate of drug-likeness (QED) is 0.698. The van der Waals surface area contributed by atoms with Crippen LogP contribution in [0.1, 0.15) is 12.0 Å². The number of nitrogens with one attached hydrogen (secondary N) is 1. The van der Waals surface area contributed by atoms with E-state index in [1.807, 2.05) is 18.2 Å². The Morgan fingerprint density at radius 3 is 3.00 bits per heavy atom. The number of carbonyl (C=O) groups excluding carboxylic acids is 1. The number of terminal acetylenes is 1. The van der Waals surface area contributed by atoms with E-state index in [0.29, 0.717) is 6.54 Å². The molecule has 0 aliphatic rings. The minimum absolute atomic E-state index is 0.0901. The highest BCUT2D eigenvalue weighted by Crippen LogP contribution is 2.10. The van der Waals surface area contributed by atoms with E-state index in [2.05, 4.69) is 11.2 Å². The van der Waals surface area contributed by atoms with Crippen LogP contribution in [0.3, 0.4) is 0 Å². The number of hydrogen-bond acceptors (Lipinski definition) is 2. The Morgan fingerprint density at radius 2 is 2.36 bits per heavy atom. The van der Waals surface area contributed by atoms with Crippen molar-refractivity contribution in [3.05, 3.63) is 29.8 Å². The van der Waals surface area contributed by atoms with E-state index in [1.54, 1.807) is 6.07 Å². The molecule has 0 aliphatic carbocycles. The molecule has 0 aromatic heterocycles. The van der Waals surface area contributed by atoms with Gasteiger partial charge in [0, 0.05) is 12.2 Å². The molecule has 0 saturated carbocycles. The normalized spacial score (nSPS) is 9.14. The predicted octanol–water partition coefficient (Wildman–Crippen LogP) is 1.11. The molecule has 3 N–H and O–H groups in total. The first-order valence-corrected chi connectivity index (χ1v) is 4.28. The highest BCUT2D eigenvalue weighted by Gasteiger charge is 1.99. The van der Waals surface area contributed by atoms with Crippen LogP contribution in [0, 0.1) is 12.3 Å². The van der Waals surface area contributed by atoms with Gasteiger partial charge in [-0.3, -0.25) is 4.79 Å². The summed E-state index contributed by atoms with van der Waals surface area (Å²) < 4.78 is 0. The van der Waals surface area contributed by atoms with Crippen LogP contribution in [-0.4, -0.2) is 5.91 Å². The summed E-state index contributed by atoms with van der Waals surface area (Å²) >= 11 is 0. The molecular weight excluding hydrogens is 176 g/mol. The number of anilines is 1. The first-order chi connectivity index (χ1) is 6.76. The van der Waals surface area contributed by atoms with Gasteiger partial charge in [-0.2, -0.15) is 0 Å². The summed E-state index contributed by atoms with van der Waals surface area (Å²) in [6.07, 6.45) is 5.10. The molecule has 0 saturated heterocycles. The number of rotatable bonds is 3. The fourth-order valence-electron chi connectivity index (χ4n) is 1.07. The molecule has 1 aromatic rings. The van der Waals surface area contributed by atoms with Crippen molar-refractivity contribution in [2.75, 3.05) is 5.32 Å². The van der Waals surface area contributed by atoms with Crippen molar-refractivity contribution >= 4 is 11.6 Å². The van der Waals surface area contributed by atoms with Crippen LogP contribution < -0.4 is 11.1 Å². The minimum atomic E-state index is -0.179. The maximum atomic E-state index is 11.1. The molecule has 3 nitrogen and oxygen atoms in total. The Balaban J connectivity index is 2.68. The Morgan fingerprint density at radius 1 is 1.57 bits per heavy atom. The zero-order valence-corrected chi connectivity index (χ0v) is 7.79. The lowest BCUT2D eigenvalue weighted by atomic mass is 10.2. The van der Waals surface area contributed by atoms with Crippen LogP contribution in [0.2, 0.25) is 0 Å². The summed E-state index contributed by atoms with van der Waals surface area (Å²) in [5.74, 6) is 2.10. The minimum Gasteiger partial charge on any atom is -0.326 e. The first kappa shape index (κ1) is 10.3. The van der Waals surface area contributed by atoms with Gasteiger partial charge < -0.3 is 11.1 Å². The second kappa shape index (κ2) is 5.05. The molecule has 0 radical (unpaired) electrons. The zero-order chi connectivity index (χ0) is 10.4. The number of amides is 1. The maximum Gasteiger partial charge on any atom is 0.236 e. The van der Waals surface area contributed by atoms with Gasteiger partial charge >= 0.3 is 0 Å². The van der Waals surface area contributed by atoms with Crippen LogP contribution >= 0.6 is 0 Å². The summed E-state index contributed by atoms with van der Waals surface area (Å²) in [6, 6.07) is 7.37. The van der Waals surface area contributed by atoms with Crippen molar-refractivity contribution in [1.82, 2.24) is 0 Å². The number of hydrogen-bond donors (Lipinski definition) is 2. The third-order valence-corrected chi connectivity index (χ3v) is 1.71. The molecule has 0 atom stereocenters.